The van der Waals surface area contributed by atoms with Crippen LogP contribution in [0.3, 0.4) is 0 Å². The van der Waals surface area contributed by atoms with Gasteiger partial charge in [0, 0.05) is 11.6 Å². The van der Waals surface area contributed by atoms with Gasteiger partial charge in [-0.15, -0.1) is 0 Å². The number of Topliss-reactive ketones (excluding diaryl/α,β-unsaturated/α-hetero) is 1. The molecule has 0 amide bonds. The molecule has 0 aliphatic heterocycles. The predicted molar refractivity (Wildman–Crippen MR) is 44.4 cm³/mol. The van der Waals surface area contributed by atoms with Crippen molar-refractivity contribution in [3.05, 3.63) is 40.1 Å². The van der Waals surface area contributed by atoms with E-state index in [1.165, 1.54) is 25.1 Å². The Labute approximate surface area is 69.3 Å². The van der Waals surface area contributed by atoms with E-state index in [9.17, 15) is 9.59 Å². The van der Waals surface area contributed by atoms with Crippen molar-refractivity contribution in [2.24, 2.45) is 0 Å². The fraction of sp³-hybridized carbons (Fsp3) is 0.111. The van der Waals surface area contributed by atoms with Crippen LogP contribution in [0.2, 0.25) is 0 Å². The maximum Gasteiger partial charge on any atom is 0.220 e. The van der Waals surface area contributed by atoms with Crippen LogP contribution < -0.4 is 5.43 Å². The lowest BCUT2D eigenvalue weighted by Gasteiger charge is -1.84. The first-order valence-corrected chi connectivity index (χ1v) is 3.45. The highest BCUT2D eigenvalue weighted by Gasteiger charge is 1.99. The summed E-state index contributed by atoms with van der Waals surface area (Å²) in [5.74, 6) is -0.537. The molecule has 0 aliphatic carbocycles. The van der Waals surface area contributed by atoms with Crippen molar-refractivity contribution in [3.63, 3.8) is 0 Å². The average molecular weight is 164 g/mol. The molecule has 0 saturated carbocycles. The predicted octanol–water partition coefficient (Wildman–Crippen LogP) is 0.955. The minimum Gasteiger partial charge on any atom is -0.504 e. The maximum absolute atomic E-state index is 10.9. The molecule has 12 heavy (non-hydrogen) atoms. The molecule has 3 nitrogen and oxygen atoms in total. The van der Waals surface area contributed by atoms with Gasteiger partial charge in [-0.1, -0.05) is 12.1 Å². The average Bonchev–Trinajstić information content (AvgIpc) is 2.15. The first-order valence-electron chi connectivity index (χ1n) is 3.45. The minimum atomic E-state index is -0.537. The molecule has 0 unspecified atom stereocenters. The number of rotatable bonds is 1. The number of carbonyl (C=O) groups is 1. The van der Waals surface area contributed by atoms with Gasteiger partial charge in [-0.05, 0) is 13.0 Å². The Hall–Kier alpha value is -1.64. The summed E-state index contributed by atoms with van der Waals surface area (Å²) in [4.78, 5) is 21.8. The van der Waals surface area contributed by atoms with Crippen LogP contribution in [0.5, 0.6) is 5.75 Å². The SMILES string of the molecule is CC(=O)c1cccc(O)c(=O)c1. The largest absolute Gasteiger partial charge is 0.504 e. The quantitative estimate of drug-likeness (QED) is 0.629. The highest BCUT2D eigenvalue weighted by atomic mass is 16.3. The minimum absolute atomic E-state index is 0.192. The number of carbonyl (C=O) groups excluding carboxylic acids is 1. The molecule has 0 bridgehead atoms. The second kappa shape index (κ2) is 3.17. The summed E-state index contributed by atoms with van der Waals surface area (Å²) >= 11 is 0. The summed E-state index contributed by atoms with van der Waals surface area (Å²) in [5.41, 5.74) is -0.231. The van der Waals surface area contributed by atoms with Gasteiger partial charge in [0.2, 0.25) is 5.43 Å². The Morgan fingerprint density at radius 2 is 2.08 bits per heavy atom. The maximum atomic E-state index is 10.9. The third-order valence-electron chi connectivity index (χ3n) is 1.48. The molecule has 0 aromatic heterocycles. The van der Waals surface area contributed by atoms with Crippen molar-refractivity contribution in [1.82, 2.24) is 0 Å². The number of hydrogen-bond donors (Lipinski definition) is 1. The lowest BCUT2D eigenvalue weighted by molar-refractivity contribution is 0.101. The van der Waals surface area contributed by atoms with Crippen molar-refractivity contribution in [2.75, 3.05) is 0 Å². The second-order valence-electron chi connectivity index (χ2n) is 2.43. The van der Waals surface area contributed by atoms with E-state index in [0.717, 1.165) is 6.07 Å². The van der Waals surface area contributed by atoms with Crippen LogP contribution in [0.1, 0.15) is 17.3 Å². The molecule has 0 atom stereocenters. The van der Waals surface area contributed by atoms with Crippen molar-refractivity contribution >= 4 is 5.78 Å². The molecule has 62 valence electrons. The van der Waals surface area contributed by atoms with E-state index in [1.54, 1.807) is 0 Å². The van der Waals surface area contributed by atoms with Crippen molar-refractivity contribution in [2.45, 2.75) is 6.92 Å². The Kier molecular flexibility index (Phi) is 2.24. The molecule has 3 heteroatoms. The summed E-state index contributed by atoms with van der Waals surface area (Å²) in [6, 6.07) is 5.34. The number of ketones is 1. The van der Waals surface area contributed by atoms with Crippen LogP contribution >= 0.6 is 0 Å². The van der Waals surface area contributed by atoms with Crippen LogP contribution in [0.4, 0.5) is 0 Å². The van der Waals surface area contributed by atoms with Crippen LogP contribution in [0.15, 0.2) is 29.1 Å². The van der Waals surface area contributed by atoms with Gasteiger partial charge >= 0.3 is 0 Å². The van der Waals surface area contributed by atoms with Crippen molar-refractivity contribution in [3.8, 4) is 5.75 Å². The van der Waals surface area contributed by atoms with Crippen LogP contribution in [0.25, 0.3) is 0 Å². The third-order valence-corrected chi connectivity index (χ3v) is 1.48. The summed E-state index contributed by atoms with van der Waals surface area (Å²) < 4.78 is 0. The van der Waals surface area contributed by atoms with E-state index < -0.39 is 5.43 Å². The Morgan fingerprint density at radius 1 is 1.42 bits per heavy atom. The molecular formula is C9H8O3. The van der Waals surface area contributed by atoms with Gasteiger partial charge in [-0.2, -0.15) is 0 Å². The van der Waals surface area contributed by atoms with Gasteiger partial charge in [-0.25, -0.2) is 0 Å². The Bertz CT molecular complexity index is 368. The zero-order valence-corrected chi connectivity index (χ0v) is 6.57. The normalized spacial score (nSPS) is 9.42. The zero-order chi connectivity index (χ0) is 9.14. The number of hydrogen-bond acceptors (Lipinski definition) is 3. The topological polar surface area (TPSA) is 54.4 Å². The van der Waals surface area contributed by atoms with Crippen molar-refractivity contribution in [1.29, 1.82) is 0 Å². The lowest BCUT2D eigenvalue weighted by Crippen LogP contribution is -1.98. The Morgan fingerprint density at radius 3 is 2.67 bits per heavy atom. The molecular weight excluding hydrogens is 156 g/mol. The lowest BCUT2D eigenvalue weighted by atomic mass is 10.2. The summed E-state index contributed by atoms with van der Waals surface area (Å²) in [6.45, 7) is 1.37. The first-order chi connectivity index (χ1) is 5.61. The molecule has 0 spiro atoms. The van der Waals surface area contributed by atoms with Gasteiger partial charge in [0.05, 0.1) is 0 Å². The highest BCUT2D eigenvalue weighted by Crippen LogP contribution is 2.00. The van der Waals surface area contributed by atoms with E-state index in [2.05, 4.69) is 0 Å². The molecule has 0 saturated heterocycles. The zero-order valence-electron chi connectivity index (χ0n) is 6.57. The number of aromatic hydroxyl groups is 1. The molecule has 0 heterocycles. The van der Waals surface area contributed by atoms with Crippen molar-refractivity contribution < 1.29 is 9.90 Å². The van der Waals surface area contributed by atoms with Gasteiger partial charge in [0.25, 0.3) is 0 Å². The third kappa shape index (κ3) is 1.69. The summed E-state index contributed by atoms with van der Waals surface area (Å²) in [6.07, 6.45) is 0. The first kappa shape index (κ1) is 8.46. The molecule has 0 radical (unpaired) electrons. The Balaban J connectivity index is 3.41. The standard InChI is InChI=1S/C9H8O3/c1-6(10)7-3-2-4-8(11)9(12)5-7/h2-5H,1H3,(H,11,12). The molecule has 0 aliphatic rings. The van der Waals surface area contributed by atoms with E-state index in [1.807, 2.05) is 0 Å². The van der Waals surface area contributed by atoms with E-state index >= 15 is 0 Å². The van der Waals surface area contributed by atoms with Gasteiger partial charge in [0.1, 0.15) is 0 Å². The van der Waals surface area contributed by atoms with Crippen LogP contribution in [0, 0.1) is 0 Å². The van der Waals surface area contributed by atoms with Gasteiger partial charge in [-0.3, -0.25) is 9.59 Å². The fourth-order valence-electron chi connectivity index (χ4n) is 0.807. The molecule has 1 rings (SSSR count). The monoisotopic (exact) mass is 164 g/mol. The van der Waals surface area contributed by atoms with Crippen LogP contribution in [-0.2, 0) is 0 Å². The molecule has 0 fully saturated rings. The van der Waals surface area contributed by atoms with Gasteiger partial charge < -0.3 is 5.11 Å². The second-order valence-corrected chi connectivity index (χ2v) is 2.43. The fourth-order valence-corrected chi connectivity index (χ4v) is 0.807. The molecule has 1 aromatic rings. The highest BCUT2D eigenvalue weighted by molar-refractivity contribution is 5.93. The van der Waals surface area contributed by atoms with E-state index in [0.29, 0.717) is 5.56 Å². The van der Waals surface area contributed by atoms with Gasteiger partial charge in [0.15, 0.2) is 11.5 Å². The summed E-state index contributed by atoms with van der Waals surface area (Å²) in [5, 5.41) is 8.96. The summed E-state index contributed by atoms with van der Waals surface area (Å²) in [7, 11) is 0. The molecule has 1 aromatic carbocycles. The van der Waals surface area contributed by atoms with E-state index in [4.69, 9.17) is 5.11 Å². The van der Waals surface area contributed by atoms with Crippen LogP contribution in [-0.4, -0.2) is 10.9 Å². The van der Waals surface area contributed by atoms with E-state index in [-0.39, 0.29) is 11.5 Å². The molecule has 1 N–H and O–H groups in total. The smallest absolute Gasteiger partial charge is 0.220 e.